The maximum absolute atomic E-state index is 9.04. The lowest BCUT2D eigenvalue weighted by atomic mass is 9.93. The van der Waals surface area contributed by atoms with E-state index in [1.807, 2.05) is 28.9 Å². The van der Waals surface area contributed by atoms with Crippen molar-refractivity contribution in [2.45, 2.75) is 32.2 Å². The molecule has 0 aliphatic rings. The van der Waals surface area contributed by atoms with Gasteiger partial charge in [-0.05, 0) is 17.7 Å². The fourth-order valence-corrected chi connectivity index (χ4v) is 1.70. The van der Waals surface area contributed by atoms with Crippen molar-refractivity contribution < 1.29 is 5.11 Å². The summed E-state index contributed by atoms with van der Waals surface area (Å²) in [6, 6.07) is 3.51. The molecule has 0 fully saturated rings. The number of fused-ring (bicyclic) bond motifs is 1. The smallest absolute Gasteiger partial charge is 0.137 e. The highest BCUT2D eigenvalue weighted by Crippen LogP contribution is 2.22. The van der Waals surface area contributed by atoms with Crippen molar-refractivity contribution >= 4 is 5.65 Å². The van der Waals surface area contributed by atoms with E-state index >= 15 is 0 Å². The third kappa shape index (κ3) is 2.33. The van der Waals surface area contributed by atoms with Crippen LogP contribution in [0, 0.1) is 0 Å². The predicted octanol–water partition coefficient (Wildman–Crippen LogP) is 1.62. The molecule has 0 amide bonds. The van der Waals surface area contributed by atoms with Gasteiger partial charge in [0.2, 0.25) is 0 Å². The minimum Gasteiger partial charge on any atom is -0.394 e. The summed E-state index contributed by atoms with van der Waals surface area (Å²) >= 11 is 0. The highest BCUT2D eigenvalue weighted by Gasteiger charge is 2.17. The number of hydrogen-bond acceptors (Lipinski definition) is 3. The normalized spacial score (nSPS) is 14.2. The number of aliphatic hydroxyl groups excluding tert-OH is 1. The van der Waals surface area contributed by atoms with Crippen molar-refractivity contribution in [1.29, 1.82) is 0 Å². The summed E-state index contributed by atoms with van der Waals surface area (Å²) in [6.07, 6.45) is 3.96. The summed E-state index contributed by atoms with van der Waals surface area (Å²) < 4.78 is 1.98. The predicted molar refractivity (Wildman–Crippen MR) is 67.9 cm³/mol. The first-order valence-corrected chi connectivity index (χ1v) is 5.77. The Morgan fingerprint density at radius 2 is 2.18 bits per heavy atom. The second-order valence-electron chi connectivity index (χ2n) is 5.39. The Hall–Kier alpha value is -1.39. The van der Waals surface area contributed by atoms with Gasteiger partial charge in [-0.15, -0.1) is 0 Å². The Balaban J connectivity index is 2.48. The van der Waals surface area contributed by atoms with Gasteiger partial charge in [0.25, 0.3) is 0 Å². The van der Waals surface area contributed by atoms with Gasteiger partial charge in [-0.1, -0.05) is 20.8 Å². The van der Waals surface area contributed by atoms with Crippen LogP contribution in [0.1, 0.15) is 38.1 Å². The minimum atomic E-state index is -0.338. The Kier molecular flexibility index (Phi) is 2.93. The second kappa shape index (κ2) is 4.13. The molecule has 92 valence electrons. The Morgan fingerprint density at radius 3 is 2.76 bits per heavy atom. The van der Waals surface area contributed by atoms with Crippen LogP contribution in [0.25, 0.3) is 5.65 Å². The standard InChI is InChI=1S/C13H19N3O/c1-13(2,3)11-7-16-5-4-9(10(14)8-17)6-12(16)15-11/h4-7,10,17H,8,14H2,1-3H3. The van der Waals surface area contributed by atoms with Gasteiger partial charge >= 0.3 is 0 Å². The molecule has 0 aliphatic carbocycles. The average molecular weight is 233 g/mol. The largest absolute Gasteiger partial charge is 0.394 e. The minimum absolute atomic E-state index is 0.0330. The summed E-state index contributed by atoms with van der Waals surface area (Å²) in [5.41, 5.74) is 8.65. The number of hydrogen-bond donors (Lipinski definition) is 2. The van der Waals surface area contributed by atoms with Crippen LogP contribution in [0.2, 0.25) is 0 Å². The van der Waals surface area contributed by atoms with Crippen LogP contribution in [0.4, 0.5) is 0 Å². The topological polar surface area (TPSA) is 63.5 Å². The maximum Gasteiger partial charge on any atom is 0.137 e. The van der Waals surface area contributed by atoms with E-state index in [0.29, 0.717) is 0 Å². The fourth-order valence-electron chi connectivity index (χ4n) is 1.70. The quantitative estimate of drug-likeness (QED) is 0.828. The molecule has 0 saturated heterocycles. The molecule has 2 heterocycles. The van der Waals surface area contributed by atoms with Gasteiger partial charge in [0, 0.05) is 17.8 Å². The molecule has 1 atom stereocenters. The van der Waals surface area contributed by atoms with Crippen LogP contribution in [0.3, 0.4) is 0 Å². The van der Waals surface area contributed by atoms with Crippen LogP contribution >= 0.6 is 0 Å². The summed E-state index contributed by atoms with van der Waals surface area (Å²) in [4.78, 5) is 4.59. The lowest BCUT2D eigenvalue weighted by Crippen LogP contribution is -2.14. The summed E-state index contributed by atoms with van der Waals surface area (Å²) in [5.74, 6) is 0. The van der Waals surface area contributed by atoms with Crippen molar-refractivity contribution in [3.63, 3.8) is 0 Å². The van der Waals surface area contributed by atoms with Gasteiger partial charge in [-0.25, -0.2) is 4.98 Å². The van der Waals surface area contributed by atoms with Crippen molar-refractivity contribution in [3.05, 3.63) is 35.8 Å². The van der Waals surface area contributed by atoms with Gasteiger partial charge in [0.15, 0.2) is 0 Å². The maximum atomic E-state index is 9.04. The monoisotopic (exact) mass is 233 g/mol. The first kappa shape index (κ1) is 12.1. The third-order valence-electron chi connectivity index (χ3n) is 2.88. The first-order valence-electron chi connectivity index (χ1n) is 5.77. The van der Waals surface area contributed by atoms with E-state index in [1.165, 1.54) is 0 Å². The number of imidazole rings is 1. The molecule has 3 N–H and O–H groups in total. The molecule has 0 saturated carbocycles. The zero-order valence-corrected chi connectivity index (χ0v) is 10.5. The number of pyridine rings is 1. The second-order valence-corrected chi connectivity index (χ2v) is 5.39. The van der Waals surface area contributed by atoms with E-state index in [-0.39, 0.29) is 18.1 Å². The Bertz CT molecular complexity index is 525. The molecule has 0 bridgehead atoms. The number of rotatable bonds is 2. The van der Waals surface area contributed by atoms with Crippen molar-refractivity contribution in [1.82, 2.24) is 9.38 Å². The van der Waals surface area contributed by atoms with E-state index in [1.54, 1.807) is 0 Å². The molecule has 0 aliphatic heterocycles. The van der Waals surface area contributed by atoms with E-state index in [2.05, 4.69) is 25.8 Å². The SMILES string of the molecule is CC(C)(C)c1cn2ccc(C(N)CO)cc2n1. The number of nitrogens with two attached hydrogens (primary N) is 1. The zero-order chi connectivity index (χ0) is 12.6. The molecule has 0 spiro atoms. The average Bonchev–Trinajstić information content (AvgIpc) is 2.70. The number of nitrogens with zero attached hydrogens (tertiary/aromatic N) is 2. The molecular weight excluding hydrogens is 214 g/mol. The van der Waals surface area contributed by atoms with Crippen molar-refractivity contribution in [3.8, 4) is 0 Å². The molecule has 2 aromatic rings. The molecule has 2 rings (SSSR count). The van der Waals surface area contributed by atoms with Crippen LogP contribution in [-0.4, -0.2) is 21.1 Å². The molecule has 17 heavy (non-hydrogen) atoms. The molecule has 4 nitrogen and oxygen atoms in total. The third-order valence-corrected chi connectivity index (χ3v) is 2.88. The van der Waals surface area contributed by atoms with Gasteiger partial charge < -0.3 is 15.2 Å². The van der Waals surface area contributed by atoms with Gasteiger partial charge in [-0.3, -0.25) is 0 Å². The van der Waals surface area contributed by atoms with Crippen LogP contribution in [-0.2, 0) is 5.41 Å². The lowest BCUT2D eigenvalue weighted by Gasteiger charge is -2.13. The molecule has 1 unspecified atom stereocenters. The molecule has 0 radical (unpaired) electrons. The number of aromatic nitrogens is 2. The summed E-state index contributed by atoms with van der Waals surface area (Å²) in [5, 5.41) is 9.04. The van der Waals surface area contributed by atoms with Crippen LogP contribution in [0.15, 0.2) is 24.5 Å². The van der Waals surface area contributed by atoms with Gasteiger partial charge in [0.05, 0.1) is 18.3 Å². The highest BCUT2D eigenvalue weighted by molar-refractivity contribution is 5.44. The Labute approximate surface area is 101 Å². The Morgan fingerprint density at radius 1 is 1.47 bits per heavy atom. The molecule has 2 aromatic heterocycles. The van der Waals surface area contributed by atoms with Gasteiger partial charge in [0.1, 0.15) is 5.65 Å². The zero-order valence-electron chi connectivity index (χ0n) is 10.5. The summed E-state index contributed by atoms with van der Waals surface area (Å²) in [6.45, 7) is 6.35. The summed E-state index contributed by atoms with van der Waals surface area (Å²) in [7, 11) is 0. The first-order chi connectivity index (χ1) is 7.91. The van der Waals surface area contributed by atoms with Gasteiger partial charge in [-0.2, -0.15) is 0 Å². The van der Waals surface area contributed by atoms with E-state index in [0.717, 1.165) is 16.9 Å². The van der Waals surface area contributed by atoms with E-state index in [4.69, 9.17) is 10.8 Å². The number of aliphatic hydroxyl groups is 1. The highest BCUT2D eigenvalue weighted by atomic mass is 16.3. The molecular formula is C13H19N3O. The molecule has 4 heteroatoms. The van der Waals surface area contributed by atoms with E-state index in [9.17, 15) is 0 Å². The fraction of sp³-hybridized carbons (Fsp3) is 0.462. The van der Waals surface area contributed by atoms with Crippen molar-refractivity contribution in [2.75, 3.05) is 6.61 Å². The van der Waals surface area contributed by atoms with Crippen LogP contribution < -0.4 is 5.73 Å². The van der Waals surface area contributed by atoms with Crippen LogP contribution in [0.5, 0.6) is 0 Å². The molecule has 0 aromatic carbocycles. The lowest BCUT2D eigenvalue weighted by molar-refractivity contribution is 0.268. The van der Waals surface area contributed by atoms with Crippen molar-refractivity contribution in [2.24, 2.45) is 5.73 Å². The van der Waals surface area contributed by atoms with E-state index < -0.39 is 0 Å².